The maximum absolute atomic E-state index is 5.85. The standard InChI is InChI=1S/C19H18N4O4/c1-11-6-5-7-23-10-13(20-17(11)23)19-22-21-18(27-19)12-8-14(24-2)16(26-4)15(9-12)25-3/h5-10H,1-4H3. The van der Waals surface area contributed by atoms with Crippen LogP contribution in [0.2, 0.25) is 0 Å². The zero-order valence-corrected chi connectivity index (χ0v) is 15.4. The summed E-state index contributed by atoms with van der Waals surface area (Å²) in [5.41, 5.74) is 3.17. The van der Waals surface area contributed by atoms with Crippen molar-refractivity contribution in [1.29, 1.82) is 0 Å². The Balaban J connectivity index is 1.77. The maximum Gasteiger partial charge on any atom is 0.268 e. The Morgan fingerprint density at radius 3 is 2.30 bits per heavy atom. The molecule has 8 heteroatoms. The highest BCUT2D eigenvalue weighted by Gasteiger charge is 2.19. The lowest BCUT2D eigenvalue weighted by Crippen LogP contribution is -1.95. The quantitative estimate of drug-likeness (QED) is 0.535. The average Bonchev–Trinajstić information content (AvgIpc) is 3.34. The molecule has 3 aromatic heterocycles. The smallest absolute Gasteiger partial charge is 0.268 e. The van der Waals surface area contributed by atoms with E-state index >= 15 is 0 Å². The van der Waals surface area contributed by atoms with Gasteiger partial charge in [0, 0.05) is 18.0 Å². The number of benzene rings is 1. The highest BCUT2D eigenvalue weighted by atomic mass is 16.5. The molecule has 0 aliphatic rings. The summed E-state index contributed by atoms with van der Waals surface area (Å²) in [6.07, 6.45) is 3.78. The van der Waals surface area contributed by atoms with Crippen LogP contribution in [0.25, 0.3) is 28.7 Å². The van der Waals surface area contributed by atoms with Gasteiger partial charge in [0.25, 0.3) is 5.89 Å². The number of hydrogen-bond donors (Lipinski definition) is 0. The van der Waals surface area contributed by atoms with E-state index in [4.69, 9.17) is 18.6 Å². The number of nitrogens with zero attached hydrogens (tertiary/aromatic N) is 4. The number of fused-ring (bicyclic) bond motifs is 1. The third-order valence-corrected chi connectivity index (χ3v) is 4.23. The number of methoxy groups -OCH3 is 3. The molecule has 4 rings (SSSR count). The van der Waals surface area contributed by atoms with Crippen LogP contribution in [0.1, 0.15) is 5.56 Å². The number of hydrogen-bond acceptors (Lipinski definition) is 7. The van der Waals surface area contributed by atoms with Crippen molar-refractivity contribution >= 4 is 5.65 Å². The molecule has 3 heterocycles. The molecule has 0 atom stereocenters. The summed E-state index contributed by atoms with van der Waals surface area (Å²) < 4.78 is 23.9. The van der Waals surface area contributed by atoms with Crippen molar-refractivity contribution in [3.8, 4) is 40.3 Å². The molecule has 0 radical (unpaired) electrons. The molecular formula is C19H18N4O4. The van der Waals surface area contributed by atoms with Gasteiger partial charge < -0.3 is 23.0 Å². The normalized spacial score (nSPS) is 11.0. The number of ether oxygens (including phenoxy) is 3. The summed E-state index contributed by atoms with van der Waals surface area (Å²) in [6, 6.07) is 7.48. The van der Waals surface area contributed by atoms with Crippen molar-refractivity contribution in [3.05, 3.63) is 42.2 Å². The first kappa shape index (κ1) is 16.9. The topological polar surface area (TPSA) is 83.9 Å². The minimum atomic E-state index is 0.332. The highest BCUT2D eigenvalue weighted by molar-refractivity contribution is 5.66. The lowest BCUT2D eigenvalue weighted by atomic mass is 10.2. The van der Waals surface area contributed by atoms with E-state index in [0.717, 1.165) is 11.2 Å². The molecular weight excluding hydrogens is 348 g/mol. The van der Waals surface area contributed by atoms with E-state index in [1.807, 2.05) is 35.9 Å². The summed E-state index contributed by atoms with van der Waals surface area (Å²) in [7, 11) is 4.66. The van der Waals surface area contributed by atoms with Crippen LogP contribution in [-0.2, 0) is 0 Å². The minimum Gasteiger partial charge on any atom is -0.493 e. The fourth-order valence-electron chi connectivity index (χ4n) is 2.90. The van der Waals surface area contributed by atoms with Crippen LogP contribution in [0.5, 0.6) is 17.2 Å². The van der Waals surface area contributed by atoms with E-state index in [2.05, 4.69) is 15.2 Å². The van der Waals surface area contributed by atoms with E-state index in [0.29, 0.717) is 40.3 Å². The maximum atomic E-state index is 5.85. The molecule has 4 aromatic rings. The molecule has 0 saturated heterocycles. The molecule has 0 aliphatic carbocycles. The van der Waals surface area contributed by atoms with Crippen molar-refractivity contribution < 1.29 is 18.6 Å². The highest BCUT2D eigenvalue weighted by Crippen LogP contribution is 2.41. The lowest BCUT2D eigenvalue weighted by Gasteiger charge is -2.12. The van der Waals surface area contributed by atoms with Crippen molar-refractivity contribution in [1.82, 2.24) is 19.6 Å². The van der Waals surface area contributed by atoms with E-state index in [1.54, 1.807) is 33.5 Å². The van der Waals surface area contributed by atoms with Crippen molar-refractivity contribution in [2.24, 2.45) is 0 Å². The van der Waals surface area contributed by atoms with Crippen molar-refractivity contribution in [2.75, 3.05) is 21.3 Å². The molecule has 0 saturated carbocycles. The molecule has 0 aliphatic heterocycles. The van der Waals surface area contributed by atoms with E-state index in [-0.39, 0.29) is 0 Å². The number of aryl methyl sites for hydroxylation is 1. The van der Waals surface area contributed by atoms with Gasteiger partial charge >= 0.3 is 0 Å². The fourth-order valence-corrected chi connectivity index (χ4v) is 2.90. The van der Waals surface area contributed by atoms with Gasteiger partial charge in [0.05, 0.1) is 21.3 Å². The number of aromatic nitrogens is 4. The molecule has 0 unspecified atom stereocenters. The summed E-state index contributed by atoms with van der Waals surface area (Å²) in [6.45, 7) is 2.00. The molecule has 0 bridgehead atoms. The van der Waals surface area contributed by atoms with E-state index < -0.39 is 0 Å². The van der Waals surface area contributed by atoms with Crippen molar-refractivity contribution in [2.45, 2.75) is 6.92 Å². The largest absolute Gasteiger partial charge is 0.493 e. The average molecular weight is 366 g/mol. The SMILES string of the molecule is COc1cc(-c2nnc(-c3cn4cccc(C)c4n3)o2)cc(OC)c1OC. The van der Waals surface area contributed by atoms with Gasteiger partial charge in [0.2, 0.25) is 11.6 Å². The molecule has 0 fully saturated rings. The van der Waals surface area contributed by atoms with E-state index in [1.165, 1.54) is 0 Å². The van der Waals surface area contributed by atoms with Crippen LogP contribution in [0.4, 0.5) is 0 Å². The van der Waals surface area contributed by atoms with Gasteiger partial charge in [0.1, 0.15) is 11.3 Å². The Morgan fingerprint density at radius 1 is 0.963 bits per heavy atom. The van der Waals surface area contributed by atoms with Gasteiger partial charge in [0.15, 0.2) is 11.5 Å². The molecule has 8 nitrogen and oxygen atoms in total. The Bertz CT molecular complexity index is 1090. The molecule has 0 spiro atoms. The van der Waals surface area contributed by atoms with Crippen LogP contribution in [0, 0.1) is 6.92 Å². The Morgan fingerprint density at radius 2 is 1.67 bits per heavy atom. The van der Waals surface area contributed by atoms with Crippen LogP contribution < -0.4 is 14.2 Å². The van der Waals surface area contributed by atoms with Gasteiger partial charge in [-0.25, -0.2) is 4.98 Å². The first-order chi connectivity index (χ1) is 13.1. The zero-order valence-electron chi connectivity index (χ0n) is 15.4. The Hall–Kier alpha value is -3.55. The number of rotatable bonds is 5. The second kappa shape index (κ2) is 6.64. The molecule has 0 N–H and O–H groups in total. The second-order valence-electron chi connectivity index (χ2n) is 5.87. The Labute approximate surface area is 155 Å². The molecule has 27 heavy (non-hydrogen) atoms. The summed E-state index contributed by atoms with van der Waals surface area (Å²) in [5, 5.41) is 8.28. The zero-order chi connectivity index (χ0) is 19.0. The minimum absolute atomic E-state index is 0.332. The summed E-state index contributed by atoms with van der Waals surface area (Å²) in [4.78, 5) is 4.58. The van der Waals surface area contributed by atoms with Gasteiger partial charge in [-0.1, -0.05) is 6.07 Å². The molecule has 138 valence electrons. The Kier molecular flexibility index (Phi) is 4.15. The number of pyridine rings is 1. The van der Waals surface area contributed by atoms with Crippen LogP contribution >= 0.6 is 0 Å². The first-order valence-electron chi connectivity index (χ1n) is 8.23. The van der Waals surface area contributed by atoms with Crippen molar-refractivity contribution in [3.63, 3.8) is 0 Å². The molecule has 1 aromatic carbocycles. The number of imidazole rings is 1. The second-order valence-corrected chi connectivity index (χ2v) is 5.87. The predicted octanol–water partition coefficient (Wildman–Crippen LogP) is 3.39. The fraction of sp³-hybridized carbons (Fsp3) is 0.211. The first-order valence-corrected chi connectivity index (χ1v) is 8.23. The van der Waals surface area contributed by atoms with Gasteiger partial charge in [-0.3, -0.25) is 0 Å². The predicted molar refractivity (Wildman–Crippen MR) is 98.3 cm³/mol. The lowest BCUT2D eigenvalue weighted by molar-refractivity contribution is 0.324. The van der Waals surface area contributed by atoms with Gasteiger partial charge in [-0.05, 0) is 30.7 Å². The van der Waals surface area contributed by atoms with Crippen LogP contribution in [0.3, 0.4) is 0 Å². The van der Waals surface area contributed by atoms with Gasteiger partial charge in [-0.15, -0.1) is 10.2 Å². The third kappa shape index (κ3) is 2.84. The van der Waals surface area contributed by atoms with E-state index in [9.17, 15) is 0 Å². The van der Waals surface area contributed by atoms with Gasteiger partial charge in [-0.2, -0.15) is 0 Å². The monoisotopic (exact) mass is 366 g/mol. The third-order valence-electron chi connectivity index (χ3n) is 4.23. The van der Waals surface area contributed by atoms with Crippen LogP contribution in [-0.4, -0.2) is 40.9 Å². The summed E-state index contributed by atoms with van der Waals surface area (Å²) in [5.74, 6) is 2.18. The van der Waals surface area contributed by atoms with Crippen LogP contribution in [0.15, 0.2) is 41.1 Å². The summed E-state index contributed by atoms with van der Waals surface area (Å²) >= 11 is 0. The molecule has 0 amide bonds.